The van der Waals surface area contributed by atoms with Gasteiger partial charge in [0, 0.05) is 30.9 Å². The van der Waals surface area contributed by atoms with E-state index in [9.17, 15) is 40.2 Å². The first-order chi connectivity index (χ1) is 13.7. The second-order valence-electron chi connectivity index (χ2n) is 7.31. The monoisotopic (exact) mass is 447 g/mol. The Balaban J connectivity index is 1.94. The van der Waals surface area contributed by atoms with E-state index in [2.05, 4.69) is 20.3 Å². The lowest BCUT2D eigenvalue weighted by Gasteiger charge is -2.35. The minimum Gasteiger partial charge on any atom is -0.380 e. The zero-order valence-corrected chi connectivity index (χ0v) is 15.4. The zero-order valence-electron chi connectivity index (χ0n) is 15.4. The van der Waals surface area contributed by atoms with Gasteiger partial charge >= 0.3 is 6.18 Å². The predicted octanol–water partition coefficient (Wildman–Crippen LogP) is 3.91. The van der Waals surface area contributed by atoms with Gasteiger partial charge in [-0.1, -0.05) is 0 Å². The summed E-state index contributed by atoms with van der Waals surface area (Å²) in [5, 5.41) is 13.9. The molecular formula is C16H17F8N5O. The summed E-state index contributed by atoms with van der Waals surface area (Å²) in [6.07, 6.45) is -10.1. The van der Waals surface area contributed by atoms with Gasteiger partial charge in [0.2, 0.25) is 11.9 Å². The number of rotatable bonds is 5. The lowest BCUT2D eigenvalue weighted by Crippen LogP contribution is -2.44. The van der Waals surface area contributed by atoms with Crippen molar-refractivity contribution >= 4 is 17.5 Å². The van der Waals surface area contributed by atoms with E-state index in [4.69, 9.17) is 0 Å². The number of anilines is 2. The summed E-state index contributed by atoms with van der Waals surface area (Å²) in [5.74, 6) is -9.93. The van der Waals surface area contributed by atoms with E-state index in [1.54, 1.807) is 0 Å². The predicted molar refractivity (Wildman–Crippen MR) is 88.8 cm³/mol. The van der Waals surface area contributed by atoms with E-state index >= 15 is 0 Å². The summed E-state index contributed by atoms with van der Waals surface area (Å²) in [6.45, 7) is 0.758. The SMILES string of the molecule is C[C@H](Nc1nc(NC2CC(F)(F)C2)nc(C2=C(F)[C@@H](O)C(F)(F)CC2)n1)C(F)(F)F. The molecule has 3 rings (SSSR count). The fourth-order valence-electron chi connectivity index (χ4n) is 2.98. The maximum Gasteiger partial charge on any atom is 0.408 e. The molecule has 0 aliphatic heterocycles. The molecule has 14 heteroatoms. The van der Waals surface area contributed by atoms with Crippen LogP contribution in [-0.2, 0) is 0 Å². The Morgan fingerprint density at radius 1 is 1.07 bits per heavy atom. The molecule has 30 heavy (non-hydrogen) atoms. The molecule has 1 aromatic rings. The number of allylic oxidation sites excluding steroid dienone is 1. The molecular weight excluding hydrogens is 430 g/mol. The van der Waals surface area contributed by atoms with Gasteiger partial charge in [-0.3, -0.25) is 0 Å². The van der Waals surface area contributed by atoms with Crippen LogP contribution < -0.4 is 10.6 Å². The first kappa shape index (κ1) is 22.4. The van der Waals surface area contributed by atoms with Gasteiger partial charge in [0.25, 0.3) is 11.8 Å². The molecule has 2 aliphatic rings. The van der Waals surface area contributed by atoms with Crippen LogP contribution >= 0.6 is 0 Å². The summed E-state index contributed by atoms with van der Waals surface area (Å²) in [7, 11) is 0. The van der Waals surface area contributed by atoms with Gasteiger partial charge in [0.15, 0.2) is 11.9 Å². The van der Waals surface area contributed by atoms with Gasteiger partial charge in [-0.15, -0.1) is 0 Å². The Kier molecular flexibility index (Phi) is 5.58. The summed E-state index contributed by atoms with van der Waals surface area (Å²) in [5.41, 5.74) is -0.527. The molecule has 168 valence electrons. The van der Waals surface area contributed by atoms with Crippen molar-refractivity contribution in [3.63, 3.8) is 0 Å². The second kappa shape index (κ2) is 7.46. The highest BCUT2D eigenvalue weighted by molar-refractivity contribution is 5.66. The number of hydrogen-bond donors (Lipinski definition) is 3. The number of alkyl halides is 7. The third-order valence-electron chi connectivity index (χ3n) is 4.80. The first-order valence-electron chi connectivity index (χ1n) is 8.86. The molecule has 0 saturated heterocycles. The second-order valence-corrected chi connectivity index (χ2v) is 7.31. The van der Waals surface area contributed by atoms with Crippen LogP contribution in [0.2, 0.25) is 0 Å². The standard InChI is InChI=1S/C16H17F8N5O/c1-6(16(22,23)24)25-12-27-11(8-2-3-15(20,21)10(30)9(8)17)28-13(29-12)26-7-4-14(18,19)5-7/h6-7,10,30H,2-5H2,1H3,(H2,25,26,27,28,29)/t6-,10+/m0/s1. The molecule has 0 aromatic carbocycles. The highest BCUT2D eigenvalue weighted by Crippen LogP contribution is 2.42. The molecule has 6 nitrogen and oxygen atoms in total. The first-order valence-corrected chi connectivity index (χ1v) is 8.86. The molecule has 1 fully saturated rings. The molecule has 2 atom stereocenters. The van der Waals surface area contributed by atoms with Gasteiger partial charge < -0.3 is 15.7 Å². The summed E-state index contributed by atoms with van der Waals surface area (Å²) >= 11 is 0. The Bertz CT molecular complexity index is 835. The number of aromatic nitrogens is 3. The van der Waals surface area contributed by atoms with Crippen molar-refractivity contribution < 1.29 is 40.2 Å². The van der Waals surface area contributed by atoms with Crippen molar-refractivity contribution in [2.24, 2.45) is 0 Å². The normalized spacial score (nSPS) is 24.9. The maximum absolute atomic E-state index is 14.3. The number of halogens is 8. The quantitative estimate of drug-likeness (QED) is 0.594. The number of nitrogens with zero attached hydrogens (tertiary/aromatic N) is 3. The summed E-state index contributed by atoms with van der Waals surface area (Å²) < 4.78 is 106. The molecule has 0 unspecified atom stereocenters. The van der Waals surface area contributed by atoms with Crippen molar-refractivity contribution in [2.75, 3.05) is 10.6 Å². The topological polar surface area (TPSA) is 83.0 Å². The number of hydrogen-bond acceptors (Lipinski definition) is 6. The molecule has 0 radical (unpaired) electrons. The zero-order chi connectivity index (χ0) is 22.5. The summed E-state index contributed by atoms with van der Waals surface area (Å²) in [6, 6.07) is -2.92. The van der Waals surface area contributed by atoms with Gasteiger partial charge in [-0.2, -0.15) is 28.1 Å². The molecule has 1 saturated carbocycles. The van der Waals surface area contributed by atoms with Crippen molar-refractivity contribution in [3.8, 4) is 0 Å². The van der Waals surface area contributed by atoms with Crippen molar-refractivity contribution in [3.05, 3.63) is 11.7 Å². The largest absolute Gasteiger partial charge is 0.408 e. The van der Waals surface area contributed by atoms with E-state index in [0.717, 1.165) is 6.92 Å². The van der Waals surface area contributed by atoms with E-state index in [-0.39, 0.29) is 0 Å². The van der Waals surface area contributed by atoms with Crippen LogP contribution in [0.4, 0.5) is 47.0 Å². The van der Waals surface area contributed by atoms with Crippen LogP contribution in [0, 0.1) is 0 Å². The lowest BCUT2D eigenvalue weighted by molar-refractivity contribution is -0.138. The molecule has 0 amide bonds. The Morgan fingerprint density at radius 3 is 2.23 bits per heavy atom. The third kappa shape index (κ3) is 4.73. The van der Waals surface area contributed by atoms with Gasteiger partial charge in [-0.25, -0.2) is 22.0 Å². The molecule has 1 heterocycles. The summed E-state index contributed by atoms with van der Waals surface area (Å²) in [4.78, 5) is 11.1. The van der Waals surface area contributed by atoms with Crippen LogP contribution in [0.5, 0.6) is 0 Å². The van der Waals surface area contributed by atoms with E-state index in [1.807, 2.05) is 5.32 Å². The van der Waals surface area contributed by atoms with Crippen molar-refractivity contribution in [1.29, 1.82) is 0 Å². The van der Waals surface area contributed by atoms with Gasteiger partial charge in [0.05, 0.1) is 0 Å². The van der Waals surface area contributed by atoms with E-state index < -0.39 is 91.0 Å². The van der Waals surface area contributed by atoms with Crippen LogP contribution in [0.25, 0.3) is 5.57 Å². The lowest BCUT2D eigenvalue weighted by atomic mass is 9.88. The molecule has 0 spiro atoms. The average molecular weight is 447 g/mol. The van der Waals surface area contributed by atoms with Crippen LogP contribution in [0.15, 0.2) is 5.83 Å². The van der Waals surface area contributed by atoms with Gasteiger partial charge in [0.1, 0.15) is 11.9 Å². The van der Waals surface area contributed by atoms with E-state index in [1.165, 1.54) is 0 Å². The van der Waals surface area contributed by atoms with Gasteiger partial charge in [-0.05, 0) is 13.3 Å². The molecule has 0 bridgehead atoms. The molecule has 3 N–H and O–H groups in total. The maximum atomic E-state index is 14.3. The van der Waals surface area contributed by atoms with Crippen LogP contribution in [0.3, 0.4) is 0 Å². The highest BCUT2D eigenvalue weighted by atomic mass is 19.4. The average Bonchev–Trinajstić information content (AvgIpc) is 2.57. The van der Waals surface area contributed by atoms with Crippen molar-refractivity contribution in [2.45, 2.75) is 68.8 Å². The van der Waals surface area contributed by atoms with Crippen molar-refractivity contribution in [1.82, 2.24) is 15.0 Å². The molecule has 1 aromatic heterocycles. The third-order valence-corrected chi connectivity index (χ3v) is 4.80. The molecule has 2 aliphatic carbocycles. The fourth-order valence-corrected chi connectivity index (χ4v) is 2.98. The van der Waals surface area contributed by atoms with E-state index in [0.29, 0.717) is 0 Å². The highest BCUT2D eigenvalue weighted by Gasteiger charge is 2.47. The minimum atomic E-state index is -4.69. The Hall–Kier alpha value is -2.25. The smallest absolute Gasteiger partial charge is 0.380 e. The Morgan fingerprint density at radius 2 is 1.67 bits per heavy atom. The van der Waals surface area contributed by atoms with Crippen LogP contribution in [0.1, 0.15) is 38.4 Å². The number of aliphatic hydroxyl groups excluding tert-OH is 1. The number of aliphatic hydroxyl groups is 1. The van der Waals surface area contributed by atoms with Crippen LogP contribution in [-0.4, -0.2) is 56.3 Å². The Labute approximate surface area is 164 Å². The number of nitrogens with one attached hydrogen (secondary N) is 2. The minimum absolute atomic E-state index is 0.426. The fraction of sp³-hybridized carbons (Fsp3) is 0.688.